The largest absolute Gasteiger partial charge is 0.468 e. The van der Waals surface area contributed by atoms with E-state index in [1.54, 1.807) is 0 Å². The van der Waals surface area contributed by atoms with Crippen LogP contribution in [-0.4, -0.2) is 37.7 Å². The van der Waals surface area contributed by atoms with E-state index in [2.05, 4.69) is 9.47 Å². The van der Waals surface area contributed by atoms with E-state index in [0.29, 0.717) is 6.42 Å². The predicted molar refractivity (Wildman–Crippen MR) is 61.9 cm³/mol. The molecule has 0 amide bonds. The van der Waals surface area contributed by atoms with Gasteiger partial charge in [0.2, 0.25) is 0 Å². The standard InChI is InChI=1S/C13H16O6/c1-18-12(16)8-4-6-3-7(10(8)14)5-9(11(6)15)13(17)19-2/h6-9H,3-5H2,1-2H3/t6-,7-,8-,9+/m1/s1. The van der Waals surface area contributed by atoms with Gasteiger partial charge in [0.25, 0.3) is 0 Å². The first-order chi connectivity index (χ1) is 8.99. The fourth-order valence-corrected chi connectivity index (χ4v) is 3.08. The Morgan fingerprint density at radius 3 is 1.53 bits per heavy atom. The number of Topliss-reactive ketones (excluding diaryl/α,β-unsaturated/α-hetero) is 2. The van der Waals surface area contributed by atoms with Gasteiger partial charge in [0.1, 0.15) is 23.4 Å². The second-order valence-electron chi connectivity index (χ2n) is 5.06. The molecule has 2 aliphatic carbocycles. The molecular weight excluding hydrogens is 252 g/mol. The van der Waals surface area contributed by atoms with Gasteiger partial charge in [0.05, 0.1) is 14.2 Å². The van der Waals surface area contributed by atoms with Gasteiger partial charge in [0.15, 0.2) is 0 Å². The summed E-state index contributed by atoms with van der Waals surface area (Å²) in [6.45, 7) is 0. The minimum Gasteiger partial charge on any atom is -0.468 e. The molecular formula is C13H16O6. The number of fused-ring (bicyclic) bond motifs is 2. The van der Waals surface area contributed by atoms with Crippen LogP contribution in [0, 0.1) is 23.7 Å². The molecule has 104 valence electrons. The van der Waals surface area contributed by atoms with Crippen LogP contribution < -0.4 is 0 Å². The average molecular weight is 268 g/mol. The first-order valence-electron chi connectivity index (χ1n) is 6.22. The summed E-state index contributed by atoms with van der Waals surface area (Å²) in [5.41, 5.74) is 0. The second-order valence-corrected chi connectivity index (χ2v) is 5.06. The molecule has 0 aliphatic heterocycles. The maximum absolute atomic E-state index is 12.1. The number of hydrogen-bond donors (Lipinski definition) is 0. The number of methoxy groups -OCH3 is 2. The van der Waals surface area contributed by atoms with E-state index in [1.165, 1.54) is 14.2 Å². The van der Waals surface area contributed by atoms with E-state index in [-0.39, 0.29) is 24.4 Å². The Morgan fingerprint density at radius 2 is 1.21 bits per heavy atom. The lowest BCUT2D eigenvalue weighted by Crippen LogP contribution is -2.48. The molecule has 0 aromatic heterocycles. The Hall–Kier alpha value is -1.72. The number of carbonyl (C=O) groups is 4. The van der Waals surface area contributed by atoms with Crippen molar-refractivity contribution in [1.29, 1.82) is 0 Å². The maximum atomic E-state index is 12.1. The topological polar surface area (TPSA) is 86.7 Å². The summed E-state index contributed by atoms with van der Waals surface area (Å²) in [6.07, 6.45) is 0.724. The molecule has 2 rings (SSSR count). The number of rotatable bonds is 2. The lowest BCUT2D eigenvalue weighted by atomic mass is 9.63. The molecule has 2 saturated carbocycles. The fraction of sp³-hybridized carbons (Fsp3) is 0.692. The van der Waals surface area contributed by atoms with Crippen LogP contribution in [0.5, 0.6) is 0 Å². The SMILES string of the molecule is COC(=O)[C@H]1C[C@H]2C[C@H](C[C@@H](C(=O)OC)C2=O)C1=O. The molecule has 0 unspecified atom stereocenters. The number of esters is 2. The van der Waals surface area contributed by atoms with E-state index in [1.807, 2.05) is 0 Å². The quantitative estimate of drug-likeness (QED) is 0.522. The second kappa shape index (κ2) is 5.11. The molecule has 2 fully saturated rings. The summed E-state index contributed by atoms with van der Waals surface area (Å²) < 4.78 is 9.19. The van der Waals surface area contributed by atoms with E-state index in [0.717, 1.165) is 0 Å². The lowest BCUT2D eigenvalue weighted by molar-refractivity contribution is -0.160. The molecule has 0 aromatic carbocycles. The highest BCUT2D eigenvalue weighted by Crippen LogP contribution is 2.41. The Balaban J connectivity index is 2.21. The zero-order valence-electron chi connectivity index (χ0n) is 10.9. The maximum Gasteiger partial charge on any atom is 0.316 e. The van der Waals surface area contributed by atoms with Gasteiger partial charge in [-0.2, -0.15) is 0 Å². The van der Waals surface area contributed by atoms with Crippen molar-refractivity contribution in [2.45, 2.75) is 19.3 Å². The number of ketones is 2. The molecule has 4 atom stereocenters. The van der Waals surface area contributed by atoms with Crippen LogP contribution >= 0.6 is 0 Å². The van der Waals surface area contributed by atoms with Crippen molar-refractivity contribution in [1.82, 2.24) is 0 Å². The number of hydrogen-bond acceptors (Lipinski definition) is 6. The Kier molecular flexibility index (Phi) is 3.68. The molecule has 2 aliphatic rings. The molecule has 19 heavy (non-hydrogen) atoms. The monoisotopic (exact) mass is 268 g/mol. The highest BCUT2D eigenvalue weighted by molar-refractivity contribution is 6.07. The molecule has 0 N–H and O–H groups in total. The van der Waals surface area contributed by atoms with Crippen LogP contribution in [0.4, 0.5) is 0 Å². The third kappa shape index (κ3) is 2.27. The summed E-state index contributed by atoms with van der Waals surface area (Å²) in [7, 11) is 2.44. The molecule has 0 heterocycles. The van der Waals surface area contributed by atoms with E-state index in [9.17, 15) is 19.2 Å². The van der Waals surface area contributed by atoms with Gasteiger partial charge in [-0.3, -0.25) is 19.2 Å². The summed E-state index contributed by atoms with van der Waals surface area (Å²) in [6, 6.07) is 0. The fourth-order valence-electron chi connectivity index (χ4n) is 3.08. The molecule has 0 spiro atoms. The Morgan fingerprint density at radius 1 is 0.842 bits per heavy atom. The van der Waals surface area contributed by atoms with Gasteiger partial charge in [-0.25, -0.2) is 0 Å². The molecule has 0 radical (unpaired) electrons. The Labute approximate surface area is 110 Å². The Bertz CT molecular complexity index is 400. The van der Waals surface area contributed by atoms with Crippen molar-refractivity contribution in [3.05, 3.63) is 0 Å². The minimum atomic E-state index is -0.865. The van der Waals surface area contributed by atoms with Crippen molar-refractivity contribution < 1.29 is 28.7 Å². The highest BCUT2D eigenvalue weighted by Gasteiger charge is 2.50. The zero-order chi connectivity index (χ0) is 14.2. The van der Waals surface area contributed by atoms with Gasteiger partial charge in [0, 0.05) is 11.8 Å². The van der Waals surface area contributed by atoms with E-state index >= 15 is 0 Å². The third-order valence-corrected chi connectivity index (χ3v) is 4.07. The summed E-state index contributed by atoms with van der Waals surface area (Å²) in [4.78, 5) is 47.4. The molecule has 2 bridgehead atoms. The van der Waals surface area contributed by atoms with Crippen LogP contribution in [0.15, 0.2) is 0 Å². The third-order valence-electron chi connectivity index (χ3n) is 4.07. The van der Waals surface area contributed by atoms with Crippen molar-refractivity contribution in [3.8, 4) is 0 Å². The highest BCUT2D eigenvalue weighted by atomic mass is 16.5. The summed E-state index contributed by atoms with van der Waals surface area (Å²) in [5, 5.41) is 0. The van der Waals surface area contributed by atoms with Crippen LogP contribution in [0.3, 0.4) is 0 Å². The smallest absolute Gasteiger partial charge is 0.316 e. The first kappa shape index (κ1) is 13.7. The van der Waals surface area contributed by atoms with Gasteiger partial charge in [-0.1, -0.05) is 0 Å². The summed E-state index contributed by atoms with van der Waals surface area (Å²) >= 11 is 0. The van der Waals surface area contributed by atoms with Crippen LogP contribution in [-0.2, 0) is 28.7 Å². The molecule has 0 aromatic rings. The van der Waals surface area contributed by atoms with Crippen molar-refractivity contribution in [2.24, 2.45) is 23.7 Å². The predicted octanol–water partition coefficient (Wildman–Crippen LogP) is 0.133. The normalized spacial score (nSPS) is 33.8. The van der Waals surface area contributed by atoms with Crippen molar-refractivity contribution in [2.75, 3.05) is 14.2 Å². The molecule has 0 saturated heterocycles. The molecule has 6 heteroatoms. The number of carbonyl (C=O) groups excluding carboxylic acids is 4. The van der Waals surface area contributed by atoms with Gasteiger partial charge < -0.3 is 9.47 Å². The average Bonchev–Trinajstić information content (AvgIpc) is 2.43. The van der Waals surface area contributed by atoms with Gasteiger partial charge in [-0.05, 0) is 19.3 Å². The molecule has 6 nitrogen and oxygen atoms in total. The first-order valence-corrected chi connectivity index (χ1v) is 6.22. The zero-order valence-corrected chi connectivity index (χ0v) is 10.9. The van der Waals surface area contributed by atoms with Crippen LogP contribution in [0.2, 0.25) is 0 Å². The van der Waals surface area contributed by atoms with Crippen LogP contribution in [0.1, 0.15) is 19.3 Å². The lowest BCUT2D eigenvalue weighted by Gasteiger charge is -2.38. The number of ether oxygens (including phenoxy) is 2. The van der Waals surface area contributed by atoms with Crippen molar-refractivity contribution in [3.63, 3.8) is 0 Å². The minimum absolute atomic E-state index is 0.147. The van der Waals surface area contributed by atoms with Crippen molar-refractivity contribution >= 4 is 23.5 Å². The van der Waals surface area contributed by atoms with Crippen LogP contribution in [0.25, 0.3) is 0 Å². The summed E-state index contributed by atoms with van der Waals surface area (Å²) in [5.74, 6) is -4.20. The van der Waals surface area contributed by atoms with E-state index < -0.39 is 35.6 Å². The van der Waals surface area contributed by atoms with E-state index in [4.69, 9.17) is 0 Å². The van der Waals surface area contributed by atoms with Gasteiger partial charge in [-0.15, -0.1) is 0 Å². The van der Waals surface area contributed by atoms with Gasteiger partial charge >= 0.3 is 11.9 Å².